The van der Waals surface area contributed by atoms with Gasteiger partial charge < -0.3 is 34.3 Å². The van der Waals surface area contributed by atoms with Crippen LogP contribution in [0.4, 0.5) is 0 Å². The summed E-state index contributed by atoms with van der Waals surface area (Å²) in [6.07, 6.45) is 25.0. The number of rotatable bonds is 35. The molecule has 12 nitrogen and oxygen atoms in total. The average Bonchev–Trinajstić information content (AvgIpc) is 3.12. The number of ether oxygens (including phenoxy) is 4. The van der Waals surface area contributed by atoms with E-state index in [0.717, 1.165) is 70.6 Å². The van der Waals surface area contributed by atoms with Crippen LogP contribution in [0.2, 0.25) is 0 Å². The number of carbonyl (C=O) groups is 1. The lowest BCUT2D eigenvalue weighted by Crippen LogP contribution is -2.60. The number of hydrogen-bond donors (Lipinski definition) is 4. The Bertz CT molecular complexity index is 1040. The van der Waals surface area contributed by atoms with Gasteiger partial charge in [0.1, 0.15) is 30.5 Å². The van der Waals surface area contributed by atoms with Crippen molar-refractivity contribution in [3.63, 3.8) is 0 Å². The molecule has 13 heteroatoms. The Labute approximate surface area is 321 Å². The number of hydrogen-bond acceptors (Lipinski definition) is 11. The third-order valence-electron chi connectivity index (χ3n) is 9.28. The molecule has 0 amide bonds. The summed E-state index contributed by atoms with van der Waals surface area (Å²) < 4.78 is 58.8. The third-order valence-corrected chi connectivity index (χ3v) is 9.74. The van der Waals surface area contributed by atoms with Crippen molar-refractivity contribution in [1.82, 2.24) is 0 Å². The second-order valence-corrected chi connectivity index (χ2v) is 15.3. The van der Waals surface area contributed by atoms with Gasteiger partial charge in [0.05, 0.1) is 19.8 Å². The maximum absolute atomic E-state index is 12.8. The Hall–Kier alpha value is -1.42. The second kappa shape index (κ2) is 32.8. The summed E-state index contributed by atoms with van der Waals surface area (Å²) in [7, 11) is -5.06. The van der Waals surface area contributed by atoms with E-state index in [1.165, 1.54) is 64.2 Å². The van der Waals surface area contributed by atoms with Crippen LogP contribution < -0.4 is 0 Å². The average molecular weight is 779 g/mol. The minimum Gasteiger partial charge on any atom is -0.457 e. The molecule has 1 heterocycles. The van der Waals surface area contributed by atoms with E-state index in [-0.39, 0.29) is 19.6 Å². The lowest BCUT2D eigenvalue weighted by Gasteiger charge is -2.41. The van der Waals surface area contributed by atoms with Gasteiger partial charge in [0.2, 0.25) is 0 Å². The highest BCUT2D eigenvalue weighted by Crippen LogP contribution is 2.26. The van der Waals surface area contributed by atoms with E-state index < -0.39 is 59.8 Å². The van der Waals surface area contributed by atoms with E-state index in [0.29, 0.717) is 13.0 Å². The van der Waals surface area contributed by atoms with Gasteiger partial charge in [-0.3, -0.25) is 9.35 Å². The van der Waals surface area contributed by atoms with Crippen molar-refractivity contribution in [3.05, 3.63) is 24.3 Å². The van der Waals surface area contributed by atoms with Crippen LogP contribution >= 0.6 is 0 Å². The van der Waals surface area contributed by atoms with Crippen molar-refractivity contribution in [2.75, 3.05) is 26.4 Å². The first-order chi connectivity index (χ1) is 25.6. The first-order valence-electron chi connectivity index (χ1n) is 20.6. The van der Waals surface area contributed by atoms with Gasteiger partial charge in [-0.2, -0.15) is 8.42 Å². The van der Waals surface area contributed by atoms with Crippen LogP contribution in [0.5, 0.6) is 0 Å². The smallest absolute Gasteiger partial charge is 0.397 e. The highest BCUT2D eigenvalue weighted by atomic mass is 32.3. The molecule has 53 heavy (non-hydrogen) atoms. The van der Waals surface area contributed by atoms with E-state index >= 15 is 0 Å². The Morgan fingerprint density at radius 1 is 0.698 bits per heavy atom. The molecule has 0 bridgehead atoms. The van der Waals surface area contributed by atoms with Crippen LogP contribution in [0.15, 0.2) is 24.3 Å². The van der Waals surface area contributed by atoms with Gasteiger partial charge in [-0.05, 0) is 57.8 Å². The topological polar surface area (TPSA) is 178 Å². The largest absolute Gasteiger partial charge is 0.457 e. The molecule has 0 aliphatic carbocycles. The zero-order valence-electron chi connectivity index (χ0n) is 32.8. The summed E-state index contributed by atoms with van der Waals surface area (Å²) >= 11 is 0. The molecular formula is C40H74O12S. The van der Waals surface area contributed by atoms with Crippen LogP contribution in [0.25, 0.3) is 0 Å². The zero-order valence-corrected chi connectivity index (χ0v) is 33.6. The van der Waals surface area contributed by atoms with E-state index in [9.17, 15) is 28.5 Å². The van der Waals surface area contributed by atoms with Gasteiger partial charge >= 0.3 is 16.4 Å². The number of allylic oxidation sites excluding steroid dienone is 4. The van der Waals surface area contributed by atoms with Crippen molar-refractivity contribution in [3.8, 4) is 0 Å². The van der Waals surface area contributed by atoms with Gasteiger partial charge in [-0.15, -0.1) is 0 Å². The molecule has 0 aromatic carbocycles. The summed E-state index contributed by atoms with van der Waals surface area (Å²) in [5.41, 5.74) is 0. The molecule has 1 aliphatic heterocycles. The van der Waals surface area contributed by atoms with Gasteiger partial charge in [-0.1, -0.05) is 122 Å². The molecule has 1 saturated heterocycles. The molecule has 312 valence electrons. The molecule has 0 aromatic heterocycles. The van der Waals surface area contributed by atoms with E-state index in [1.807, 2.05) is 0 Å². The number of carbonyl (C=O) groups excluding carboxylic acids is 1. The minimum absolute atomic E-state index is 0.0298. The van der Waals surface area contributed by atoms with E-state index in [1.54, 1.807) is 0 Å². The van der Waals surface area contributed by atoms with E-state index in [2.05, 4.69) is 42.3 Å². The van der Waals surface area contributed by atoms with Crippen molar-refractivity contribution in [2.24, 2.45) is 0 Å². The molecule has 4 N–H and O–H groups in total. The van der Waals surface area contributed by atoms with Crippen molar-refractivity contribution in [2.45, 2.75) is 198 Å². The monoisotopic (exact) mass is 778 g/mol. The Morgan fingerprint density at radius 2 is 1.23 bits per heavy atom. The fourth-order valence-corrected chi connectivity index (χ4v) is 6.65. The van der Waals surface area contributed by atoms with Crippen LogP contribution in [0, 0.1) is 0 Å². The lowest BCUT2D eigenvalue weighted by atomic mass is 9.99. The van der Waals surface area contributed by atoms with Gasteiger partial charge in [0.15, 0.2) is 6.29 Å². The van der Waals surface area contributed by atoms with Crippen molar-refractivity contribution >= 4 is 16.4 Å². The molecular weight excluding hydrogens is 704 g/mol. The van der Waals surface area contributed by atoms with Gasteiger partial charge in [0, 0.05) is 13.0 Å². The molecule has 1 rings (SSSR count). The van der Waals surface area contributed by atoms with Gasteiger partial charge in [0.25, 0.3) is 0 Å². The Kier molecular flexibility index (Phi) is 30.7. The van der Waals surface area contributed by atoms with E-state index in [4.69, 9.17) is 23.5 Å². The predicted molar refractivity (Wildman–Crippen MR) is 207 cm³/mol. The molecule has 1 aliphatic rings. The molecule has 1 fully saturated rings. The van der Waals surface area contributed by atoms with Gasteiger partial charge in [-0.25, -0.2) is 4.18 Å². The maximum atomic E-state index is 12.8. The zero-order chi connectivity index (χ0) is 39.0. The quantitative estimate of drug-likeness (QED) is 0.0214. The molecule has 0 saturated carbocycles. The van der Waals surface area contributed by atoms with Crippen LogP contribution in [0.1, 0.15) is 162 Å². The Morgan fingerprint density at radius 3 is 1.77 bits per heavy atom. The fourth-order valence-electron chi connectivity index (χ4n) is 6.14. The molecule has 0 spiro atoms. The molecule has 0 radical (unpaired) electrons. The second-order valence-electron chi connectivity index (χ2n) is 14.2. The minimum atomic E-state index is -5.06. The summed E-state index contributed by atoms with van der Waals surface area (Å²) in [6, 6.07) is 0. The van der Waals surface area contributed by atoms with Crippen molar-refractivity contribution in [1.29, 1.82) is 0 Å². The number of unbranched alkanes of at least 4 members (excludes halogenated alkanes) is 18. The first-order valence-corrected chi connectivity index (χ1v) is 22.0. The predicted octanol–water partition coefficient (Wildman–Crippen LogP) is 7.68. The number of esters is 1. The summed E-state index contributed by atoms with van der Waals surface area (Å²) in [4.78, 5) is 12.8. The fraction of sp³-hybridized carbons (Fsp3) is 0.875. The summed E-state index contributed by atoms with van der Waals surface area (Å²) in [5.74, 6) is -0.411. The SMILES string of the molecule is CCC/C=C\CCCCCCCCOCC(COC1OC(CO)C(O)C(OS(=O)(=O)O)C1O)OC(=O)CCCCCCC/C=C\CCCCCCCC. The highest BCUT2D eigenvalue weighted by Gasteiger charge is 2.48. The highest BCUT2D eigenvalue weighted by molar-refractivity contribution is 7.80. The molecule has 6 unspecified atom stereocenters. The first kappa shape index (κ1) is 49.6. The summed E-state index contributed by atoms with van der Waals surface area (Å²) in [6.45, 7) is 3.89. The third kappa shape index (κ3) is 26.9. The normalized spacial score (nSPS) is 21.5. The van der Waals surface area contributed by atoms with Crippen LogP contribution in [-0.2, 0) is 38.3 Å². The Balaban J connectivity index is 2.48. The lowest BCUT2D eigenvalue weighted by molar-refractivity contribution is -0.301. The molecule has 0 aromatic rings. The van der Waals surface area contributed by atoms with Crippen LogP contribution in [-0.4, -0.2) is 97.5 Å². The van der Waals surface area contributed by atoms with Crippen LogP contribution in [0.3, 0.4) is 0 Å². The van der Waals surface area contributed by atoms with Crippen molar-refractivity contribution < 1.29 is 56.2 Å². The number of aliphatic hydroxyl groups excluding tert-OH is 3. The standard InChI is InChI=1S/C40H74O12S/c1-3-5-7-9-11-13-15-16-17-18-19-21-23-25-27-29-36(42)50-34(32-48-30-28-26-24-22-20-14-12-10-8-6-4-2)33-49-40-38(44)39(52-53(45,46)47)37(43)35(31-41)51-40/h8,10,16-17,34-35,37-41,43-44H,3-7,9,11-15,18-33H2,1-2H3,(H,45,46,47)/b10-8-,17-16-. The number of aliphatic hydroxyl groups is 3. The summed E-state index contributed by atoms with van der Waals surface area (Å²) in [5, 5.41) is 30.5. The maximum Gasteiger partial charge on any atom is 0.397 e. The molecule has 6 atom stereocenters.